The Bertz CT molecular complexity index is 381. The van der Waals surface area contributed by atoms with Crippen LogP contribution in [-0.2, 0) is 14.3 Å². The summed E-state index contributed by atoms with van der Waals surface area (Å²) in [5.74, 6) is -0.336. The van der Waals surface area contributed by atoms with Gasteiger partial charge in [-0.05, 0) is 30.9 Å². The molecule has 3 heteroatoms. The number of hydrogen-bond acceptors (Lipinski definition) is 3. The van der Waals surface area contributed by atoms with Crippen LogP contribution in [0.1, 0.15) is 39.0 Å². The monoisotopic (exact) mass is 234 g/mol. The van der Waals surface area contributed by atoms with Crippen molar-refractivity contribution in [2.75, 3.05) is 0 Å². The summed E-state index contributed by atoms with van der Waals surface area (Å²) in [5, 5.41) is 0. The zero-order valence-corrected chi connectivity index (χ0v) is 10.1. The van der Waals surface area contributed by atoms with Crippen molar-refractivity contribution in [2.45, 2.75) is 45.1 Å². The van der Waals surface area contributed by atoms with E-state index in [4.69, 9.17) is 4.74 Å². The summed E-state index contributed by atoms with van der Waals surface area (Å²) < 4.78 is 5.37. The second-order valence-corrected chi connectivity index (χ2v) is 4.85. The average molecular weight is 234 g/mol. The lowest BCUT2D eigenvalue weighted by Crippen LogP contribution is -2.44. The Morgan fingerprint density at radius 2 is 2.35 bits per heavy atom. The molecule has 0 spiro atoms. The topological polar surface area (TPSA) is 43.4 Å². The van der Waals surface area contributed by atoms with Crippen LogP contribution in [0.25, 0.3) is 0 Å². The summed E-state index contributed by atoms with van der Waals surface area (Å²) in [6, 6.07) is 0. The number of aldehydes is 1. The Morgan fingerprint density at radius 3 is 3.06 bits per heavy atom. The molecule has 0 aromatic rings. The fourth-order valence-corrected chi connectivity index (χ4v) is 2.68. The number of carbonyl (C=O) groups excluding carboxylic acids is 2. The molecule has 0 radical (unpaired) electrons. The van der Waals surface area contributed by atoms with Crippen molar-refractivity contribution in [3.63, 3.8) is 0 Å². The number of ether oxygens (including phenoxy) is 1. The maximum atomic E-state index is 11.5. The third-order valence-corrected chi connectivity index (χ3v) is 3.69. The molecular weight excluding hydrogens is 216 g/mol. The van der Waals surface area contributed by atoms with Crippen molar-refractivity contribution >= 4 is 12.3 Å². The maximum Gasteiger partial charge on any atom is 0.331 e. The predicted octanol–water partition coefficient (Wildman–Crippen LogP) is 2.56. The highest BCUT2D eigenvalue weighted by Gasteiger charge is 2.44. The van der Waals surface area contributed by atoms with Crippen molar-refractivity contribution in [3.8, 4) is 0 Å². The van der Waals surface area contributed by atoms with Crippen molar-refractivity contribution in [3.05, 3.63) is 23.8 Å². The van der Waals surface area contributed by atoms with Crippen LogP contribution in [0.15, 0.2) is 23.8 Å². The van der Waals surface area contributed by atoms with E-state index in [1.54, 1.807) is 6.08 Å². The molecule has 3 nitrogen and oxygen atoms in total. The van der Waals surface area contributed by atoms with E-state index in [9.17, 15) is 9.59 Å². The SMILES string of the molecule is CCCC[C@@]1(C=O)CCC=C2C=CC(=O)O[C@@H]21. The van der Waals surface area contributed by atoms with Gasteiger partial charge in [0.1, 0.15) is 12.4 Å². The number of allylic oxidation sites excluding steroid dienone is 1. The van der Waals surface area contributed by atoms with Crippen LogP contribution in [0, 0.1) is 5.41 Å². The van der Waals surface area contributed by atoms with Crippen molar-refractivity contribution in [2.24, 2.45) is 5.41 Å². The van der Waals surface area contributed by atoms with E-state index in [0.29, 0.717) is 0 Å². The molecule has 17 heavy (non-hydrogen) atoms. The second-order valence-electron chi connectivity index (χ2n) is 4.85. The third-order valence-electron chi connectivity index (χ3n) is 3.69. The maximum absolute atomic E-state index is 11.5. The minimum Gasteiger partial charge on any atom is -0.453 e. The Hall–Kier alpha value is -1.38. The van der Waals surface area contributed by atoms with E-state index in [1.807, 2.05) is 0 Å². The van der Waals surface area contributed by atoms with Gasteiger partial charge < -0.3 is 9.53 Å². The number of hydrogen-bond donors (Lipinski definition) is 0. The molecule has 2 aliphatic rings. The first-order valence-electron chi connectivity index (χ1n) is 6.27. The Balaban J connectivity index is 2.28. The molecule has 0 unspecified atom stereocenters. The van der Waals surface area contributed by atoms with E-state index in [0.717, 1.165) is 44.0 Å². The molecule has 0 amide bonds. The van der Waals surface area contributed by atoms with Crippen LogP contribution < -0.4 is 0 Å². The van der Waals surface area contributed by atoms with E-state index in [2.05, 4.69) is 13.0 Å². The lowest BCUT2D eigenvalue weighted by atomic mass is 9.69. The first kappa shape index (κ1) is 12.1. The van der Waals surface area contributed by atoms with Gasteiger partial charge in [0.15, 0.2) is 0 Å². The highest BCUT2D eigenvalue weighted by molar-refractivity contribution is 5.85. The zero-order chi connectivity index (χ0) is 12.3. The number of esters is 1. The first-order valence-corrected chi connectivity index (χ1v) is 6.27. The van der Waals surface area contributed by atoms with Crippen LogP contribution in [0.3, 0.4) is 0 Å². The third kappa shape index (κ3) is 2.19. The van der Waals surface area contributed by atoms with E-state index >= 15 is 0 Å². The largest absolute Gasteiger partial charge is 0.453 e. The number of unbranched alkanes of at least 4 members (excludes halogenated alkanes) is 1. The Morgan fingerprint density at radius 1 is 1.53 bits per heavy atom. The van der Waals surface area contributed by atoms with Crippen LogP contribution in [0.2, 0.25) is 0 Å². The fraction of sp³-hybridized carbons (Fsp3) is 0.571. The highest BCUT2D eigenvalue weighted by atomic mass is 16.5. The van der Waals surface area contributed by atoms with Gasteiger partial charge in [0.2, 0.25) is 0 Å². The number of rotatable bonds is 4. The van der Waals surface area contributed by atoms with Gasteiger partial charge in [0.25, 0.3) is 0 Å². The number of carbonyl (C=O) groups is 2. The van der Waals surface area contributed by atoms with Gasteiger partial charge in [-0.2, -0.15) is 0 Å². The molecule has 1 aliphatic carbocycles. The van der Waals surface area contributed by atoms with Crippen LogP contribution in [-0.4, -0.2) is 18.4 Å². The normalized spacial score (nSPS) is 31.5. The van der Waals surface area contributed by atoms with Crippen LogP contribution in [0.5, 0.6) is 0 Å². The smallest absolute Gasteiger partial charge is 0.331 e. The van der Waals surface area contributed by atoms with Gasteiger partial charge in [0, 0.05) is 6.08 Å². The molecule has 0 aromatic heterocycles. The van der Waals surface area contributed by atoms with Crippen LogP contribution in [0.4, 0.5) is 0 Å². The molecule has 92 valence electrons. The summed E-state index contributed by atoms with van der Waals surface area (Å²) in [6.07, 6.45) is 10.4. The minimum atomic E-state index is -0.499. The predicted molar refractivity (Wildman–Crippen MR) is 64.4 cm³/mol. The first-order chi connectivity index (χ1) is 8.22. The van der Waals surface area contributed by atoms with Gasteiger partial charge >= 0.3 is 5.97 Å². The van der Waals surface area contributed by atoms with Crippen molar-refractivity contribution in [1.29, 1.82) is 0 Å². The summed E-state index contributed by atoms with van der Waals surface area (Å²) in [7, 11) is 0. The van der Waals surface area contributed by atoms with E-state index in [1.165, 1.54) is 6.08 Å². The molecule has 0 fully saturated rings. The summed E-state index contributed by atoms with van der Waals surface area (Å²) in [4.78, 5) is 22.8. The van der Waals surface area contributed by atoms with Crippen LogP contribution >= 0.6 is 0 Å². The Labute approximate surface area is 102 Å². The van der Waals surface area contributed by atoms with Gasteiger partial charge in [-0.25, -0.2) is 4.79 Å². The van der Waals surface area contributed by atoms with Gasteiger partial charge in [-0.15, -0.1) is 0 Å². The van der Waals surface area contributed by atoms with E-state index in [-0.39, 0.29) is 12.1 Å². The summed E-state index contributed by atoms with van der Waals surface area (Å²) in [6.45, 7) is 2.10. The molecule has 1 aliphatic heterocycles. The molecule has 2 atom stereocenters. The molecule has 1 heterocycles. The zero-order valence-electron chi connectivity index (χ0n) is 10.1. The molecule has 0 bridgehead atoms. The fourth-order valence-electron chi connectivity index (χ4n) is 2.68. The highest BCUT2D eigenvalue weighted by Crippen LogP contribution is 2.42. The second kappa shape index (κ2) is 4.86. The van der Waals surface area contributed by atoms with Gasteiger partial charge in [-0.1, -0.05) is 25.8 Å². The van der Waals surface area contributed by atoms with Crippen molar-refractivity contribution < 1.29 is 14.3 Å². The summed E-state index contributed by atoms with van der Waals surface area (Å²) >= 11 is 0. The molecule has 0 saturated heterocycles. The number of fused-ring (bicyclic) bond motifs is 1. The molecule has 2 rings (SSSR count). The van der Waals surface area contributed by atoms with Gasteiger partial charge in [0.05, 0.1) is 5.41 Å². The quantitative estimate of drug-likeness (QED) is 0.554. The Kier molecular flexibility index (Phi) is 3.46. The van der Waals surface area contributed by atoms with Gasteiger partial charge in [-0.3, -0.25) is 0 Å². The standard InChI is InChI=1S/C14H18O3/c1-2-3-8-14(10-15)9-4-5-11-6-7-12(16)17-13(11)14/h5-7,10,13H,2-4,8-9H2,1H3/t13-,14-/m0/s1. The molecule has 0 saturated carbocycles. The molecule has 0 aromatic carbocycles. The lowest BCUT2D eigenvalue weighted by molar-refractivity contribution is -0.151. The summed E-state index contributed by atoms with van der Waals surface area (Å²) in [5.41, 5.74) is 0.486. The van der Waals surface area contributed by atoms with Crippen molar-refractivity contribution in [1.82, 2.24) is 0 Å². The molecule has 0 N–H and O–H groups in total. The molecular formula is C14H18O3. The average Bonchev–Trinajstić information content (AvgIpc) is 2.36. The minimum absolute atomic E-state index is 0.336. The van der Waals surface area contributed by atoms with E-state index < -0.39 is 5.41 Å². The lowest BCUT2D eigenvalue weighted by Gasteiger charge is -2.40.